The maximum atomic E-state index is 13.6. The third kappa shape index (κ3) is 5.18. The van der Waals surface area contributed by atoms with E-state index in [9.17, 15) is 18.0 Å². The number of amides is 1. The summed E-state index contributed by atoms with van der Waals surface area (Å²) in [6.45, 7) is 2.34. The van der Waals surface area contributed by atoms with Crippen LogP contribution in [0.2, 0.25) is 0 Å². The van der Waals surface area contributed by atoms with Crippen molar-refractivity contribution in [1.82, 2.24) is 24.8 Å². The van der Waals surface area contributed by atoms with Gasteiger partial charge in [0.05, 0.1) is 16.8 Å². The minimum Gasteiger partial charge on any atom is -0.334 e. The molecule has 33 heavy (non-hydrogen) atoms. The van der Waals surface area contributed by atoms with Crippen molar-refractivity contribution in [2.24, 2.45) is 0 Å². The van der Waals surface area contributed by atoms with Gasteiger partial charge in [-0.2, -0.15) is 13.2 Å². The molecule has 0 saturated carbocycles. The summed E-state index contributed by atoms with van der Waals surface area (Å²) in [5.41, 5.74) is 0.786. The third-order valence-electron chi connectivity index (χ3n) is 5.84. The monoisotopic (exact) mass is 455 g/mol. The third-order valence-corrected chi connectivity index (χ3v) is 5.84. The van der Waals surface area contributed by atoms with E-state index in [2.05, 4.69) is 19.9 Å². The van der Waals surface area contributed by atoms with E-state index in [0.717, 1.165) is 25.3 Å². The van der Waals surface area contributed by atoms with Crippen LogP contribution in [0.3, 0.4) is 0 Å². The average Bonchev–Trinajstić information content (AvgIpc) is 2.82. The Hall–Kier alpha value is -3.36. The first-order valence-corrected chi connectivity index (χ1v) is 10.9. The number of nitrogens with zero attached hydrogens (tertiary/aromatic N) is 5. The van der Waals surface area contributed by atoms with Crippen LogP contribution in [0.1, 0.15) is 53.1 Å². The number of aryl methyl sites for hydroxylation is 2. The summed E-state index contributed by atoms with van der Waals surface area (Å²) in [7, 11) is 0. The Kier molecular flexibility index (Phi) is 6.67. The number of carbonyl (C=O) groups is 1. The van der Waals surface area contributed by atoms with Crippen molar-refractivity contribution >= 4 is 5.91 Å². The summed E-state index contributed by atoms with van der Waals surface area (Å²) < 4.78 is 40.1. The first kappa shape index (κ1) is 22.8. The van der Waals surface area contributed by atoms with Crippen molar-refractivity contribution in [3.8, 4) is 11.4 Å². The Bertz CT molecular complexity index is 1120. The zero-order valence-electron chi connectivity index (χ0n) is 18.2. The maximum Gasteiger partial charge on any atom is 0.418 e. The quantitative estimate of drug-likeness (QED) is 0.548. The van der Waals surface area contributed by atoms with Crippen LogP contribution in [0.15, 0.2) is 48.9 Å². The molecule has 172 valence electrons. The Balaban J connectivity index is 1.59. The Labute approximate surface area is 189 Å². The summed E-state index contributed by atoms with van der Waals surface area (Å²) in [5, 5.41) is 0. The zero-order chi connectivity index (χ0) is 23.4. The van der Waals surface area contributed by atoms with E-state index in [4.69, 9.17) is 0 Å². The van der Waals surface area contributed by atoms with Crippen molar-refractivity contribution in [3.63, 3.8) is 0 Å². The number of aromatic nitrogens is 4. The van der Waals surface area contributed by atoms with E-state index in [1.165, 1.54) is 12.3 Å². The number of piperidine rings is 1. The molecule has 0 N–H and O–H groups in total. The molecule has 0 bridgehead atoms. The standard InChI is InChI=1S/C24H24F3N5O/c1-16-8-10-18(22-29-13-5-14-30-22)21(31-16)23(33)32-15-3-2-6-17(32)9-11-20-19(24(25,26)27)7-4-12-28-20/h4-5,7-8,10,12-14,17H,2-3,6,9,11,15H2,1H3. The molecule has 1 aliphatic rings. The first-order chi connectivity index (χ1) is 15.8. The number of carbonyl (C=O) groups excluding carboxylic acids is 1. The molecule has 4 heterocycles. The molecular formula is C24H24F3N5O. The molecule has 6 nitrogen and oxygen atoms in total. The van der Waals surface area contributed by atoms with E-state index in [0.29, 0.717) is 30.0 Å². The fourth-order valence-corrected chi connectivity index (χ4v) is 4.24. The molecule has 0 aromatic carbocycles. The van der Waals surface area contributed by atoms with E-state index < -0.39 is 11.7 Å². The van der Waals surface area contributed by atoms with Gasteiger partial charge in [-0.05, 0) is 69.4 Å². The van der Waals surface area contributed by atoms with Crippen LogP contribution >= 0.6 is 0 Å². The fraction of sp³-hybridized carbons (Fsp3) is 0.375. The smallest absolute Gasteiger partial charge is 0.334 e. The summed E-state index contributed by atoms with van der Waals surface area (Å²) in [4.78, 5) is 32.3. The maximum absolute atomic E-state index is 13.6. The van der Waals surface area contributed by atoms with Gasteiger partial charge in [0.2, 0.25) is 0 Å². The normalized spacial score (nSPS) is 16.6. The highest BCUT2D eigenvalue weighted by molar-refractivity contribution is 5.98. The number of halogens is 3. The second-order valence-electron chi connectivity index (χ2n) is 8.10. The SMILES string of the molecule is Cc1ccc(-c2ncccn2)c(C(=O)N2CCCCC2CCc2ncccc2C(F)(F)F)n1. The molecule has 1 unspecified atom stereocenters. The highest BCUT2D eigenvalue weighted by Crippen LogP contribution is 2.32. The largest absolute Gasteiger partial charge is 0.418 e. The number of alkyl halides is 3. The summed E-state index contributed by atoms with van der Waals surface area (Å²) in [5.74, 6) is 0.160. The molecule has 0 spiro atoms. The van der Waals surface area contributed by atoms with Crippen LogP contribution in [-0.2, 0) is 12.6 Å². The second kappa shape index (κ2) is 9.64. The van der Waals surface area contributed by atoms with Gasteiger partial charge in [-0.1, -0.05) is 0 Å². The van der Waals surface area contributed by atoms with Gasteiger partial charge in [0, 0.05) is 36.9 Å². The number of hydrogen-bond donors (Lipinski definition) is 0. The van der Waals surface area contributed by atoms with Crippen LogP contribution in [0.4, 0.5) is 13.2 Å². The van der Waals surface area contributed by atoms with Gasteiger partial charge in [0.1, 0.15) is 5.69 Å². The molecule has 1 fully saturated rings. The topological polar surface area (TPSA) is 71.9 Å². The number of pyridine rings is 2. The van der Waals surface area contributed by atoms with E-state index in [1.54, 1.807) is 42.4 Å². The van der Waals surface area contributed by atoms with Gasteiger partial charge >= 0.3 is 6.18 Å². The number of hydrogen-bond acceptors (Lipinski definition) is 5. The van der Waals surface area contributed by atoms with Crippen molar-refractivity contribution in [2.45, 2.75) is 51.2 Å². The highest BCUT2D eigenvalue weighted by atomic mass is 19.4. The number of likely N-dealkylation sites (tertiary alicyclic amines) is 1. The molecule has 1 atom stereocenters. The van der Waals surface area contributed by atoms with Crippen molar-refractivity contribution in [2.75, 3.05) is 6.54 Å². The van der Waals surface area contributed by atoms with Crippen molar-refractivity contribution in [1.29, 1.82) is 0 Å². The van der Waals surface area contributed by atoms with Gasteiger partial charge in [-0.15, -0.1) is 0 Å². The molecule has 0 aliphatic carbocycles. The summed E-state index contributed by atoms with van der Waals surface area (Å²) in [6, 6.07) is 7.43. The predicted molar refractivity (Wildman–Crippen MR) is 116 cm³/mol. The molecule has 1 amide bonds. The van der Waals surface area contributed by atoms with Gasteiger partial charge in [0.25, 0.3) is 5.91 Å². The highest BCUT2D eigenvalue weighted by Gasteiger charge is 2.35. The van der Waals surface area contributed by atoms with Crippen molar-refractivity contribution < 1.29 is 18.0 Å². The van der Waals surface area contributed by atoms with E-state index in [1.807, 2.05) is 0 Å². The van der Waals surface area contributed by atoms with Gasteiger partial charge in [-0.3, -0.25) is 9.78 Å². The molecule has 3 aromatic heterocycles. The minimum absolute atomic E-state index is 0.00928. The molecule has 9 heteroatoms. The van der Waals surface area contributed by atoms with Crippen LogP contribution in [-0.4, -0.2) is 43.3 Å². The average molecular weight is 455 g/mol. The van der Waals surface area contributed by atoms with Crippen LogP contribution in [0.5, 0.6) is 0 Å². The minimum atomic E-state index is -4.46. The Morgan fingerprint density at radius 2 is 1.82 bits per heavy atom. The molecule has 0 radical (unpaired) electrons. The van der Waals surface area contributed by atoms with Gasteiger partial charge < -0.3 is 4.90 Å². The lowest BCUT2D eigenvalue weighted by atomic mass is 9.95. The van der Waals surface area contributed by atoms with Crippen molar-refractivity contribution in [3.05, 3.63) is 71.6 Å². The van der Waals surface area contributed by atoms with Crippen LogP contribution in [0, 0.1) is 6.92 Å². The first-order valence-electron chi connectivity index (χ1n) is 10.9. The molecular weight excluding hydrogens is 431 g/mol. The van der Waals surface area contributed by atoms with Gasteiger partial charge in [0.15, 0.2) is 5.82 Å². The molecule has 4 rings (SSSR count). The second-order valence-corrected chi connectivity index (χ2v) is 8.10. The Morgan fingerprint density at radius 1 is 1.06 bits per heavy atom. The number of rotatable bonds is 5. The Morgan fingerprint density at radius 3 is 2.58 bits per heavy atom. The lowest BCUT2D eigenvalue weighted by Gasteiger charge is -2.36. The zero-order valence-corrected chi connectivity index (χ0v) is 18.2. The van der Waals surface area contributed by atoms with Crippen LogP contribution in [0.25, 0.3) is 11.4 Å². The lowest BCUT2D eigenvalue weighted by Crippen LogP contribution is -2.44. The molecule has 1 aliphatic heterocycles. The summed E-state index contributed by atoms with van der Waals surface area (Å²) in [6.07, 6.45) is 3.13. The molecule has 1 saturated heterocycles. The van der Waals surface area contributed by atoms with Crippen LogP contribution < -0.4 is 0 Å². The van der Waals surface area contributed by atoms with E-state index >= 15 is 0 Å². The predicted octanol–water partition coefficient (Wildman–Crippen LogP) is 4.89. The van der Waals surface area contributed by atoms with E-state index in [-0.39, 0.29) is 29.8 Å². The fourth-order valence-electron chi connectivity index (χ4n) is 4.24. The molecule has 3 aromatic rings. The van der Waals surface area contributed by atoms with Gasteiger partial charge in [-0.25, -0.2) is 15.0 Å². The lowest BCUT2D eigenvalue weighted by molar-refractivity contribution is -0.138. The summed E-state index contributed by atoms with van der Waals surface area (Å²) >= 11 is 0.